The van der Waals surface area contributed by atoms with Crippen molar-refractivity contribution in [3.63, 3.8) is 0 Å². The lowest BCUT2D eigenvalue weighted by Crippen LogP contribution is -2.44. The summed E-state index contributed by atoms with van der Waals surface area (Å²) in [5.41, 5.74) is 2.31. The molecule has 2 N–H and O–H groups in total. The molecule has 0 aromatic heterocycles. The summed E-state index contributed by atoms with van der Waals surface area (Å²) in [6.07, 6.45) is -2.84. The van der Waals surface area contributed by atoms with Crippen molar-refractivity contribution >= 4 is 0 Å². The summed E-state index contributed by atoms with van der Waals surface area (Å²) in [5, 5.41) is 0. The Bertz CT molecular complexity index is 204. The van der Waals surface area contributed by atoms with Crippen LogP contribution in [0, 0.1) is 5.92 Å². The van der Waals surface area contributed by atoms with E-state index in [2.05, 4.69) is 0 Å². The van der Waals surface area contributed by atoms with E-state index in [0.29, 0.717) is 38.6 Å². The number of nitrogens with two attached hydrogens (primary N) is 1. The lowest BCUT2D eigenvalue weighted by Gasteiger charge is -2.29. The van der Waals surface area contributed by atoms with Crippen LogP contribution in [-0.2, 0) is 0 Å². The predicted octanol–water partition coefficient (Wildman–Crippen LogP) is 3.19. The Morgan fingerprint density at radius 3 is 2.47 bits per heavy atom. The molecule has 0 radical (unpaired) electrons. The van der Waals surface area contributed by atoms with E-state index in [-0.39, 0.29) is 6.42 Å². The third-order valence-electron chi connectivity index (χ3n) is 3.22. The summed E-state index contributed by atoms with van der Waals surface area (Å²) in [5.74, 6) is -0.857. The number of rotatable bonds is 4. The Balaban J connectivity index is 2.56. The van der Waals surface area contributed by atoms with Crippen LogP contribution in [0.3, 0.4) is 0 Å². The minimum absolute atomic E-state index is 0.299. The molecule has 1 fully saturated rings. The Morgan fingerprint density at radius 2 is 1.93 bits per heavy atom. The lowest BCUT2D eigenvalue weighted by molar-refractivity contribution is -0.242. The van der Waals surface area contributed by atoms with Gasteiger partial charge in [-0.1, -0.05) is 6.42 Å². The average molecular weight is 227 g/mol. The topological polar surface area (TPSA) is 26.0 Å². The quantitative estimate of drug-likeness (QED) is 0.579. The van der Waals surface area contributed by atoms with Crippen LogP contribution in [0.5, 0.6) is 0 Å². The second kappa shape index (κ2) is 4.68. The van der Waals surface area contributed by atoms with Crippen LogP contribution in [0.2, 0.25) is 0 Å². The highest BCUT2D eigenvalue weighted by Crippen LogP contribution is 2.51. The van der Waals surface area contributed by atoms with Gasteiger partial charge in [-0.05, 0) is 38.6 Å². The van der Waals surface area contributed by atoms with Crippen molar-refractivity contribution < 1.29 is 17.6 Å². The van der Waals surface area contributed by atoms with E-state index in [0.717, 1.165) is 0 Å². The normalized spacial score (nSPS) is 32.2. The molecule has 2 atom stereocenters. The van der Waals surface area contributed by atoms with Crippen molar-refractivity contribution in [1.29, 1.82) is 0 Å². The predicted molar refractivity (Wildman–Crippen MR) is 50.1 cm³/mol. The van der Waals surface area contributed by atoms with Crippen molar-refractivity contribution in [2.45, 2.75) is 50.4 Å². The molecule has 0 aliphatic heterocycles. The molecule has 1 aliphatic carbocycles. The van der Waals surface area contributed by atoms with E-state index in [4.69, 9.17) is 5.73 Å². The van der Waals surface area contributed by atoms with Crippen LogP contribution < -0.4 is 5.73 Å². The molecule has 90 valence electrons. The molecule has 5 heteroatoms. The Hall–Kier alpha value is -0.320. The molecule has 15 heavy (non-hydrogen) atoms. The number of hydrogen-bond acceptors (Lipinski definition) is 1. The van der Waals surface area contributed by atoms with Crippen molar-refractivity contribution in [3.05, 3.63) is 0 Å². The second-order valence-electron chi connectivity index (χ2n) is 4.23. The monoisotopic (exact) mass is 227 g/mol. The van der Waals surface area contributed by atoms with Gasteiger partial charge in [-0.25, -0.2) is 4.39 Å². The fraction of sp³-hybridized carbons (Fsp3) is 1.00. The summed E-state index contributed by atoms with van der Waals surface area (Å²) >= 11 is 0. The Morgan fingerprint density at radius 1 is 1.27 bits per heavy atom. The Kier molecular flexibility index (Phi) is 3.98. The maximum absolute atomic E-state index is 13.8. The van der Waals surface area contributed by atoms with Gasteiger partial charge in [0.2, 0.25) is 5.67 Å². The number of alkyl halides is 4. The Labute approximate surface area is 87.0 Å². The molecule has 0 amide bonds. The number of unbranched alkanes of at least 4 members (excludes halogenated alkanes) is 1. The van der Waals surface area contributed by atoms with E-state index >= 15 is 0 Å². The molecule has 1 nitrogen and oxygen atoms in total. The highest BCUT2D eigenvalue weighted by Gasteiger charge is 2.61. The van der Waals surface area contributed by atoms with Crippen LogP contribution in [0.15, 0.2) is 0 Å². The van der Waals surface area contributed by atoms with Crippen LogP contribution in [-0.4, -0.2) is 18.4 Å². The number of halogens is 4. The molecule has 0 aromatic carbocycles. The summed E-state index contributed by atoms with van der Waals surface area (Å²) in [7, 11) is 0. The van der Waals surface area contributed by atoms with Gasteiger partial charge in [0.25, 0.3) is 0 Å². The first-order valence-electron chi connectivity index (χ1n) is 5.37. The maximum atomic E-state index is 13.8. The van der Waals surface area contributed by atoms with Gasteiger partial charge in [0.1, 0.15) is 0 Å². The smallest absolute Gasteiger partial charge is 0.330 e. The highest BCUT2D eigenvalue weighted by molar-refractivity contribution is 4.98. The molecule has 1 aliphatic rings. The zero-order valence-electron chi connectivity index (χ0n) is 8.62. The lowest BCUT2D eigenvalue weighted by atomic mass is 9.87. The van der Waals surface area contributed by atoms with E-state index in [1.165, 1.54) is 0 Å². The molecule has 0 spiro atoms. The molecular formula is C10H17F4N. The SMILES string of the molecule is NCCCCC1CCCC1(F)C(F)(F)F. The van der Waals surface area contributed by atoms with Crippen LogP contribution >= 0.6 is 0 Å². The molecule has 1 saturated carbocycles. The average Bonchev–Trinajstić information content (AvgIpc) is 2.49. The fourth-order valence-corrected chi connectivity index (χ4v) is 2.32. The van der Waals surface area contributed by atoms with Crippen LogP contribution in [0.25, 0.3) is 0 Å². The van der Waals surface area contributed by atoms with Gasteiger partial charge in [-0.3, -0.25) is 0 Å². The van der Waals surface area contributed by atoms with E-state index in [1.807, 2.05) is 0 Å². The summed E-state index contributed by atoms with van der Waals surface area (Å²) in [4.78, 5) is 0. The molecule has 0 aromatic rings. The molecule has 0 saturated heterocycles. The first-order chi connectivity index (χ1) is 6.92. The largest absolute Gasteiger partial charge is 0.422 e. The summed E-state index contributed by atoms with van der Waals surface area (Å²) in [6, 6.07) is 0. The minimum Gasteiger partial charge on any atom is -0.330 e. The third kappa shape index (κ3) is 2.62. The van der Waals surface area contributed by atoms with Gasteiger partial charge in [0.15, 0.2) is 0 Å². The number of hydrogen-bond donors (Lipinski definition) is 1. The van der Waals surface area contributed by atoms with Gasteiger partial charge in [-0.2, -0.15) is 13.2 Å². The minimum atomic E-state index is -4.71. The van der Waals surface area contributed by atoms with E-state index < -0.39 is 17.8 Å². The van der Waals surface area contributed by atoms with Gasteiger partial charge in [-0.15, -0.1) is 0 Å². The zero-order chi connectivity index (χ0) is 11.5. The van der Waals surface area contributed by atoms with E-state index in [1.54, 1.807) is 0 Å². The summed E-state index contributed by atoms with van der Waals surface area (Å²) in [6.45, 7) is 0.456. The van der Waals surface area contributed by atoms with E-state index in [9.17, 15) is 17.6 Å². The van der Waals surface area contributed by atoms with Gasteiger partial charge in [0.05, 0.1) is 0 Å². The summed E-state index contributed by atoms with van der Waals surface area (Å²) < 4.78 is 51.3. The standard InChI is InChI=1S/C10H17F4N/c11-9(10(12,13)14)6-3-5-8(9)4-1-2-7-15/h8H,1-7,15H2. The maximum Gasteiger partial charge on any atom is 0.422 e. The fourth-order valence-electron chi connectivity index (χ4n) is 2.32. The van der Waals surface area contributed by atoms with Crippen LogP contribution in [0.4, 0.5) is 17.6 Å². The van der Waals surface area contributed by atoms with Crippen molar-refractivity contribution in [3.8, 4) is 0 Å². The van der Waals surface area contributed by atoms with Gasteiger partial charge < -0.3 is 5.73 Å². The zero-order valence-corrected chi connectivity index (χ0v) is 8.62. The van der Waals surface area contributed by atoms with Crippen LogP contribution in [0.1, 0.15) is 38.5 Å². The van der Waals surface area contributed by atoms with Crippen molar-refractivity contribution in [1.82, 2.24) is 0 Å². The first-order valence-corrected chi connectivity index (χ1v) is 5.37. The molecule has 2 unspecified atom stereocenters. The third-order valence-corrected chi connectivity index (χ3v) is 3.22. The van der Waals surface area contributed by atoms with Crippen molar-refractivity contribution in [2.24, 2.45) is 11.7 Å². The van der Waals surface area contributed by atoms with Crippen molar-refractivity contribution in [2.75, 3.05) is 6.54 Å². The molecule has 1 rings (SSSR count). The second-order valence-corrected chi connectivity index (χ2v) is 4.23. The van der Waals surface area contributed by atoms with Gasteiger partial charge >= 0.3 is 6.18 Å². The highest BCUT2D eigenvalue weighted by atomic mass is 19.4. The van der Waals surface area contributed by atoms with Gasteiger partial charge in [0, 0.05) is 5.92 Å². The first kappa shape index (κ1) is 12.7. The molecule has 0 bridgehead atoms. The molecule has 0 heterocycles. The molecular weight excluding hydrogens is 210 g/mol.